The van der Waals surface area contributed by atoms with Crippen LogP contribution in [-0.4, -0.2) is 22.4 Å². The Hall–Kier alpha value is -2.74. The lowest BCUT2D eigenvalue weighted by Gasteiger charge is -2.18. The maximum atomic E-state index is 13.0. The largest absolute Gasteiger partial charge is 0.296 e. The third-order valence-corrected chi connectivity index (χ3v) is 3.60. The van der Waals surface area contributed by atoms with Crippen molar-refractivity contribution in [2.24, 2.45) is 5.41 Å². The minimum absolute atomic E-state index is 0.0262. The quantitative estimate of drug-likeness (QED) is 0.761. The zero-order chi connectivity index (χ0) is 16.4. The molecule has 1 fully saturated rings. The van der Waals surface area contributed by atoms with Crippen molar-refractivity contribution in [1.82, 2.24) is 9.97 Å². The molecule has 0 aliphatic carbocycles. The Balaban J connectivity index is 1.77. The highest BCUT2D eigenvalue weighted by atomic mass is 19.1. The highest BCUT2D eigenvalue weighted by Crippen LogP contribution is 2.32. The van der Waals surface area contributed by atoms with Crippen molar-refractivity contribution >= 4 is 11.7 Å². The van der Waals surface area contributed by atoms with Crippen LogP contribution in [0.2, 0.25) is 0 Å². The van der Waals surface area contributed by atoms with Crippen molar-refractivity contribution in [1.29, 1.82) is 0 Å². The van der Waals surface area contributed by atoms with Crippen LogP contribution in [0.1, 0.15) is 31.4 Å². The van der Waals surface area contributed by atoms with E-state index in [0.717, 1.165) is 6.20 Å². The van der Waals surface area contributed by atoms with Crippen LogP contribution >= 0.6 is 0 Å². The molecule has 4 nitrogen and oxygen atoms in total. The lowest BCUT2D eigenvalue weighted by Crippen LogP contribution is -2.26. The van der Waals surface area contributed by atoms with E-state index in [1.807, 2.05) is 0 Å². The van der Waals surface area contributed by atoms with Gasteiger partial charge in [0.05, 0.1) is 6.20 Å². The molecule has 0 bridgehead atoms. The van der Waals surface area contributed by atoms with E-state index in [-0.39, 0.29) is 11.3 Å². The fraction of sp³-hybridized carbons (Fsp3) is 0.278. The first-order valence-electron chi connectivity index (χ1n) is 7.32. The summed E-state index contributed by atoms with van der Waals surface area (Å²) in [5.74, 6) is 6.06. The molecular formula is C18H16FN3O. The number of carbonyl (C=O) groups excluding carboxylic acids is 1. The van der Waals surface area contributed by atoms with Crippen molar-refractivity contribution < 1.29 is 9.18 Å². The average molecular weight is 309 g/mol. The van der Waals surface area contributed by atoms with Crippen LogP contribution in [0.4, 0.5) is 10.2 Å². The second-order valence-corrected chi connectivity index (χ2v) is 6.37. The zero-order valence-corrected chi connectivity index (χ0v) is 13.0. The Labute approximate surface area is 134 Å². The van der Waals surface area contributed by atoms with Gasteiger partial charge in [0.2, 0.25) is 5.91 Å². The van der Waals surface area contributed by atoms with E-state index in [4.69, 9.17) is 0 Å². The predicted molar refractivity (Wildman–Crippen MR) is 85.2 cm³/mol. The lowest BCUT2D eigenvalue weighted by molar-refractivity contribution is -0.117. The zero-order valence-electron chi connectivity index (χ0n) is 13.0. The standard InChI is InChI=1S/C18H16FN3O/c1-18(2)8-17(23)22(12-18)16-6-5-13(10-21-16)3-4-14-7-15(19)11-20-9-14/h5-7,9-11H,8,12H2,1-2H3. The topological polar surface area (TPSA) is 46.1 Å². The van der Waals surface area contributed by atoms with Crippen LogP contribution in [0, 0.1) is 23.1 Å². The van der Waals surface area contributed by atoms with Crippen molar-refractivity contribution in [2.75, 3.05) is 11.4 Å². The van der Waals surface area contributed by atoms with E-state index < -0.39 is 5.82 Å². The molecular weight excluding hydrogens is 293 g/mol. The van der Waals surface area contributed by atoms with Crippen molar-refractivity contribution in [3.05, 3.63) is 53.7 Å². The summed E-state index contributed by atoms with van der Waals surface area (Å²) >= 11 is 0. The summed E-state index contributed by atoms with van der Waals surface area (Å²) in [7, 11) is 0. The summed E-state index contributed by atoms with van der Waals surface area (Å²) in [6.45, 7) is 4.80. The third-order valence-electron chi connectivity index (χ3n) is 3.60. The van der Waals surface area contributed by atoms with Gasteiger partial charge in [-0.25, -0.2) is 9.37 Å². The van der Waals surface area contributed by atoms with Gasteiger partial charge in [0.15, 0.2) is 0 Å². The molecule has 1 aliphatic rings. The molecule has 0 unspecified atom stereocenters. The van der Waals surface area contributed by atoms with E-state index in [1.165, 1.54) is 12.3 Å². The number of pyridine rings is 2. The van der Waals surface area contributed by atoms with E-state index in [1.54, 1.807) is 23.2 Å². The van der Waals surface area contributed by atoms with Crippen molar-refractivity contribution in [3.8, 4) is 11.8 Å². The Morgan fingerprint density at radius 1 is 1.17 bits per heavy atom. The summed E-state index contributed by atoms with van der Waals surface area (Å²) in [4.78, 5) is 21.8. The molecule has 0 atom stereocenters. The van der Waals surface area contributed by atoms with Crippen LogP contribution < -0.4 is 4.90 Å². The third kappa shape index (κ3) is 3.54. The van der Waals surface area contributed by atoms with E-state index in [0.29, 0.717) is 29.9 Å². The van der Waals surface area contributed by atoms with Crippen LogP contribution in [-0.2, 0) is 4.79 Å². The first-order valence-corrected chi connectivity index (χ1v) is 7.32. The first kappa shape index (κ1) is 15.2. The molecule has 1 saturated heterocycles. The van der Waals surface area contributed by atoms with Gasteiger partial charge in [0.25, 0.3) is 0 Å². The second kappa shape index (κ2) is 5.81. The van der Waals surface area contributed by atoms with Gasteiger partial charge in [-0.1, -0.05) is 25.7 Å². The maximum Gasteiger partial charge on any atom is 0.228 e. The monoisotopic (exact) mass is 309 g/mol. The summed E-state index contributed by atoms with van der Waals surface area (Å²) in [5, 5.41) is 0. The smallest absolute Gasteiger partial charge is 0.228 e. The van der Waals surface area contributed by atoms with Crippen LogP contribution in [0.5, 0.6) is 0 Å². The second-order valence-electron chi connectivity index (χ2n) is 6.37. The Bertz CT molecular complexity index is 803. The number of aromatic nitrogens is 2. The summed E-state index contributed by atoms with van der Waals surface area (Å²) < 4.78 is 13.0. The number of hydrogen-bond donors (Lipinski definition) is 0. The minimum Gasteiger partial charge on any atom is -0.296 e. The fourth-order valence-corrected chi connectivity index (χ4v) is 2.53. The van der Waals surface area contributed by atoms with Gasteiger partial charge in [-0.2, -0.15) is 0 Å². The maximum absolute atomic E-state index is 13.0. The van der Waals surface area contributed by atoms with Gasteiger partial charge >= 0.3 is 0 Å². The number of anilines is 1. The highest BCUT2D eigenvalue weighted by Gasteiger charge is 2.36. The summed E-state index contributed by atoms with van der Waals surface area (Å²) in [6, 6.07) is 4.92. The number of carbonyl (C=O) groups is 1. The molecule has 116 valence electrons. The van der Waals surface area contributed by atoms with Gasteiger partial charge in [-0.3, -0.25) is 14.7 Å². The molecule has 0 saturated carbocycles. The van der Waals surface area contributed by atoms with E-state index in [9.17, 15) is 9.18 Å². The highest BCUT2D eigenvalue weighted by molar-refractivity contribution is 5.95. The number of rotatable bonds is 1. The number of nitrogens with zero attached hydrogens (tertiary/aromatic N) is 3. The molecule has 1 aliphatic heterocycles. The van der Waals surface area contributed by atoms with Gasteiger partial charge < -0.3 is 0 Å². The molecule has 23 heavy (non-hydrogen) atoms. The average Bonchev–Trinajstić information content (AvgIpc) is 2.79. The molecule has 0 spiro atoms. The summed E-state index contributed by atoms with van der Waals surface area (Å²) in [5.41, 5.74) is 1.18. The van der Waals surface area contributed by atoms with Crippen LogP contribution in [0.25, 0.3) is 0 Å². The molecule has 3 rings (SSSR count). The predicted octanol–water partition coefficient (Wildman–Crippen LogP) is 2.78. The fourth-order valence-electron chi connectivity index (χ4n) is 2.53. The van der Waals surface area contributed by atoms with Crippen LogP contribution in [0.15, 0.2) is 36.8 Å². The Kier molecular flexibility index (Phi) is 3.83. The minimum atomic E-state index is -0.416. The van der Waals surface area contributed by atoms with Crippen molar-refractivity contribution in [3.63, 3.8) is 0 Å². The molecule has 2 aromatic rings. The number of hydrogen-bond acceptors (Lipinski definition) is 3. The van der Waals surface area contributed by atoms with E-state index in [2.05, 4.69) is 35.7 Å². The SMILES string of the molecule is CC1(C)CC(=O)N(c2ccc(C#Cc3cncc(F)c3)cn2)C1. The molecule has 5 heteroatoms. The van der Waals surface area contributed by atoms with Gasteiger partial charge in [0, 0.05) is 36.5 Å². The lowest BCUT2D eigenvalue weighted by atomic mass is 9.93. The number of halogens is 1. The van der Waals surface area contributed by atoms with Crippen LogP contribution in [0.3, 0.4) is 0 Å². The Morgan fingerprint density at radius 3 is 2.57 bits per heavy atom. The summed E-state index contributed by atoms with van der Waals surface area (Å²) in [6.07, 6.45) is 4.79. The first-order chi connectivity index (χ1) is 10.9. The molecule has 1 amide bonds. The molecule has 2 aromatic heterocycles. The van der Waals surface area contributed by atoms with Gasteiger partial charge in [-0.05, 0) is 23.6 Å². The number of amides is 1. The molecule has 0 radical (unpaired) electrons. The van der Waals surface area contributed by atoms with E-state index >= 15 is 0 Å². The van der Waals surface area contributed by atoms with Gasteiger partial charge in [-0.15, -0.1) is 0 Å². The van der Waals surface area contributed by atoms with Gasteiger partial charge in [0.1, 0.15) is 11.6 Å². The van der Waals surface area contributed by atoms with Crippen molar-refractivity contribution in [2.45, 2.75) is 20.3 Å². The normalized spacial score (nSPS) is 16.1. The molecule has 3 heterocycles. The Morgan fingerprint density at radius 2 is 1.96 bits per heavy atom. The molecule has 0 aromatic carbocycles. The molecule has 0 N–H and O–H groups in total.